The van der Waals surface area contributed by atoms with Gasteiger partial charge in [0.2, 0.25) is 0 Å². The molecule has 2 aliphatic rings. The lowest BCUT2D eigenvalue weighted by Gasteiger charge is -2.29. The molecule has 35 heavy (non-hydrogen) atoms. The average Bonchev–Trinajstić information content (AvgIpc) is 3.03. The molecule has 0 saturated carbocycles. The van der Waals surface area contributed by atoms with Gasteiger partial charge in [-0.05, 0) is 63.2 Å². The van der Waals surface area contributed by atoms with Crippen LogP contribution in [0.1, 0.15) is 25.6 Å². The van der Waals surface area contributed by atoms with Crippen molar-refractivity contribution >= 4 is 23.4 Å². The molecule has 3 N–H and O–H groups in total. The largest absolute Gasteiger partial charge is 0.507 e. The highest BCUT2D eigenvalue weighted by atomic mass is 16.3. The van der Waals surface area contributed by atoms with Gasteiger partial charge < -0.3 is 20.6 Å². The second-order valence-electron chi connectivity index (χ2n) is 9.16. The number of benzene rings is 1. The summed E-state index contributed by atoms with van der Waals surface area (Å²) in [7, 11) is 0. The number of phenols is 1. The fraction of sp³-hybridized carbons (Fsp3) is 0.385. The Hall–Kier alpha value is -3.72. The van der Waals surface area contributed by atoms with E-state index in [1.54, 1.807) is 12.1 Å². The van der Waals surface area contributed by atoms with E-state index in [4.69, 9.17) is 10.7 Å². The Morgan fingerprint density at radius 3 is 2.74 bits per heavy atom. The molecular weight excluding hydrogens is 440 g/mol. The third-order valence-corrected chi connectivity index (χ3v) is 6.81. The molecule has 2 aromatic heterocycles. The lowest BCUT2D eigenvalue weighted by atomic mass is 10.1. The van der Waals surface area contributed by atoms with Gasteiger partial charge in [-0.3, -0.25) is 4.90 Å². The zero-order valence-electron chi connectivity index (χ0n) is 20.1. The fourth-order valence-electron chi connectivity index (χ4n) is 4.58. The van der Waals surface area contributed by atoms with Crippen molar-refractivity contribution < 1.29 is 5.11 Å². The van der Waals surface area contributed by atoms with E-state index in [9.17, 15) is 5.11 Å². The maximum atomic E-state index is 10.3. The van der Waals surface area contributed by atoms with Gasteiger partial charge in [0, 0.05) is 44.0 Å². The predicted molar refractivity (Wildman–Crippen MR) is 139 cm³/mol. The van der Waals surface area contributed by atoms with Gasteiger partial charge in [0.05, 0.1) is 11.4 Å². The van der Waals surface area contributed by atoms with E-state index in [1.165, 1.54) is 19.5 Å². The Kier molecular flexibility index (Phi) is 6.76. The number of anilines is 3. The van der Waals surface area contributed by atoms with Crippen molar-refractivity contribution in [1.29, 1.82) is 0 Å². The molecule has 182 valence electrons. The summed E-state index contributed by atoms with van der Waals surface area (Å²) in [6.45, 7) is 7.94. The molecule has 3 aromatic rings. The molecule has 0 unspecified atom stereocenters. The molecule has 0 aliphatic carbocycles. The van der Waals surface area contributed by atoms with Crippen molar-refractivity contribution in [2.45, 2.75) is 25.8 Å². The molecule has 2 aliphatic heterocycles. The summed E-state index contributed by atoms with van der Waals surface area (Å²) in [6.07, 6.45) is 8.23. The molecule has 0 bridgehead atoms. The first kappa shape index (κ1) is 23.0. The lowest BCUT2D eigenvalue weighted by Crippen LogP contribution is -2.36. The summed E-state index contributed by atoms with van der Waals surface area (Å²) in [5, 5.41) is 18.7. The number of phenolic OH excluding ortho intramolecular Hbond substituents is 1. The molecule has 5 rings (SSSR count). The van der Waals surface area contributed by atoms with Gasteiger partial charge in [-0.1, -0.05) is 18.2 Å². The number of likely N-dealkylation sites (tertiary alicyclic amines) is 1. The number of rotatable bonds is 6. The van der Waals surface area contributed by atoms with Gasteiger partial charge in [-0.2, -0.15) is 0 Å². The molecule has 2 saturated heterocycles. The van der Waals surface area contributed by atoms with E-state index in [0.29, 0.717) is 23.1 Å². The van der Waals surface area contributed by atoms with Crippen LogP contribution in [0, 0.1) is 0 Å². The van der Waals surface area contributed by atoms with Crippen LogP contribution in [-0.4, -0.2) is 75.5 Å². The van der Waals surface area contributed by atoms with Crippen molar-refractivity contribution in [3.8, 4) is 17.0 Å². The van der Waals surface area contributed by atoms with Gasteiger partial charge in [-0.15, -0.1) is 10.2 Å². The van der Waals surface area contributed by atoms with Crippen molar-refractivity contribution in [1.82, 2.24) is 25.1 Å². The standard InChI is InChI=1S/C26H32N8O/c1-19-10-15-33(22-18-21(30-31-26(22)27)20-6-2-3-7-23(20)35)16-17-34(19)25-9-11-28-24(29-25)8-4-12-32-13-5-14-32/h2-4,6-9,11,18-19,35H,5,10,12-17H2,1H3,(H2,27,31)/b8-4+/t19-/m1/s1. The van der Waals surface area contributed by atoms with Gasteiger partial charge in [0.25, 0.3) is 0 Å². The summed E-state index contributed by atoms with van der Waals surface area (Å²) in [5.74, 6) is 2.24. The summed E-state index contributed by atoms with van der Waals surface area (Å²) in [6, 6.07) is 11.3. The molecule has 2 fully saturated rings. The number of aromatic hydroxyl groups is 1. The molecule has 0 radical (unpaired) electrons. The Labute approximate surface area is 205 Å². The molecule has 1 aromatic carbocycles. The maximum Gasteiger partial charge on any atom is 0.169 e. The zero-order chi connectivity index (χ0) is 24.2. The summed E-state index contributed by atoms with van der Waals surface area (Å²) in [4.78, 5) is 16.2. The first-order valence-electron chi connectivity index (χ1n) is 12.2. The van der Waals surface area contributed by atoms with E-state index in [0.717, 1.165) is 49.9 Å². The van der Waals surface area contributed by atoms with Crippen LogP contribution >= 0.6 is 0 Å². The molecule has 0 amide bonds. The number of nitrogens with zero attached hydrogens (tertiary/aromatic N) is 7. The summed E-state index contributed by atoms with van der Waals surface area (Å²) in [5.41, 5.74) is 8.33. The number of hydrogen-bond donors (Lipinski definition) is 2. The molecule has 1 atom stereocenters. The van der Waals surface area contributed by atoms with Crippen molar-refractivity contribution in [2.75, 3.05) is 54.8 Å². The van der Waals surface area contributed by atoms with Crippen LogP contribution in [0.25, 0.3) is 17.3 Å². The van der Waals surface area contributed by atoms with Gasteiger partial charge in [0.1, 0.15) is 11.6 Å². The minimum absolute atomic E-state index is 0.173. The Morgan fingerprint density at radius 2 is 1.94 bits per heavy atom. The lowest BCUT2D eigenvalue weighted by molar-refractivity contribution is 0.203. The zero-order valence-corrected chi connectivity index (χ0v) is 20.1. The van der Waals surface area contributed by atoms with Gasteiger partial charge in [0.15, 0.2) is 11.6 Å². The topological polar surface area (TPSA) is 108 Å². The van der Waals surface area contributed by atoms with Crippen LogP contribution in [0.15, 0.2) is 48.7 Å². The number of hydrogen-bond acceptors (Lipinski definition) is 9. The highest BCUT2D eigenvalue weighted by Crippen LogP contribution is 2.32. The fourth-order valence-corrected chi connectivity index (χ4v) is 4.58. The van der Waals surface area contributed by atoms with E-state index in [1.807, 2.05) is 36.5 Å². The number of nitrogen functional groups attached to an aromatic ring is 1. The van der Waals surface area contributed by atoms with Gasteiger partial charge >= 0.3 is 0 Å². The maximum absolute atomic E-state index is 10.3. The molecule has 9 nitrogen and oxygen atoms in total. The van der Waals surface area contributed by atoms with Gasteiger partial charge in [-0.25, -0.2) is 9.97 Å². The van der Waals surface area contributed by atoms with Crippen LogP contribution in [0.5, 0.6) is 5.75 Å². The van der Waals surface area contributed by atoms with Crippen molar-refractivity contribution in [3.63, 3.8) is 0 Å². The molecule has 9 heteroatoms. The monoisotopic (exact) mass is 472 g/mol. The highest BCUT2D eigenvalue weighted by molar-refractivity contribution is 5.74. The average molecular weight is 473 g/mol. The second-order valence-corrected chi connectivity index (χ2v) is 9.16. The van der Waals surface area contributed by atoms with Crippen LogP contribution in [0.2, 0.25) is 0 Å². The smallest absolute Gasteiger partial charge is 0.169 e. The molecular formula is C26H32N8O. The summed E-state index contributed by atoms with van der Waals surface area (Å²) >= 11 is 0. The normalized spacial score (nSPS) is 19.1. The number of para-hydroxylation sites is 1. The SMILES string of the molecule is C[C@@H]1CCN(c2cc(-c3ccccc3O)nnc2N)CCN1c1ccnc(/C=C/CN2CCC2)n1. The first-order chi connectivity index (χ1) is 17.1. The molecule has 4 heterocycles. The second kappa shape index (κ2) is 10.3. The third-order valence-electron chi connectivity index (χ3n) is 6.81. The van der Waals surface area contributed by atoms with E-state index in [-0.39, 0.29) is 5.75 Å². The van der Waals surface area contributed by atoms with E-state index in [2.05, 4.69) is 42.9 Å². The third kappa shape index (κ3) is 5.19. The predicted octanol–water partition coefficient (Wildman–Crippen LogP) is 3.05. The summed E-state index contributed by atoms with van der Waals surface area (Å²) < 4.78 is 0. The Balaban J connectivity index is 1.32. The van der Waals surface area contributed by atoms with Crippen molar-refractivity contribution in [2.24, 2.45) is 0 Å². The van der Waals surface area contributed by atoms with Crippen molar-refractivity contribution in [3.05, 3.63) is 54.5 Å². The van der Waals surface area contributed by atoms with Crippen LogP contribution in [0.3, 0.4) is 0 Å². The van der Waals surface area contributed by atoms with Crippen LogP contribution in [0.4, 0.5) is 17.3 Å². The molecule has 0 spiro atoms. The highest BCUT2D eigenvalue weighted by Gasteiger charge is 2.24. The van der Waals surface area contributed by atoms with E-state index >= 15 is 0 Å². The van der Waals surface area contributed by atoms with Crippen LogP contribution in [-0.2, 0) is 0 Å². The Bertz CT molecular complexity index is 1200. The van der Waals surface area contributed by atoms with Crippen LogP contribution < -0.4 is 15.5 Å². The number of nitrogens with two attached hydrogens (primary N) is 1. The Morgan fingerprint density at radius 1 is 1.09 bits per heavy atom. The quantitative estimate of drug-likeness (QED) is 0.560. The van der Waals surface area contributed by atoms with E-state index < -0.39 is 0 Å². The minimum Gasteiger partial charge on any atom is -0.507 e. The number of aromatic nitrogens is 4. The first-order valence-corrected chi connectivity index (χ1v) is 12.2. The minimum atomic E-state index is 0.173.